The van der Waals surface area contributed by atoms with Crippen molar-refractivity contribution < 1.29 is 9.18 Å². The second-order valence-electron chi connectivity index (χ2n) is 5.41. The van der Waals surface area contributed by atoms with Gasteiger partial charge in [0.15, 0.2) is 0 Å². The van der Waals surface area contributed by atoms with Gasteiger partial charge < -0.3 is 10.6 Å². The maximum Gasteiger partial charge on any atom is 0.275 e. The van der Waals surface area contributed by atoms with E-state index in [-0.39, 0.29) is 11.5 Å². The van der Waals surface area contributed by atoms with Crippen LogP contribution in [0.25, 0.3) is 0 Å². The summed E-state index contributed by atoms with van der Waals surface area (Å²) in [5, 5.41) is 5.81. The molecule has 0 saturated heterocycles. The number of hydrogen-bond acceptors (Lipinski definition) is 4. The SMILES string of the molecule is O=C(Nc1ccc(F)cc1)c1cnc(NCCc2ccccc2)cn1. The Morgan fingerprint density at radius 3 is 2.40 bits per heavy atom. The van der Waals surface area contributed by atoms with Crippen molar-refractivity contribution in [2.75, 3.05) is 17.2 Å². The molecule has 0 spiro atoms. The number of aromatic nitrogens is 2. The minimum absolute atomic E-state index is 0.193. The van der Waals surface area contributed by atoms with Gasteiger partial charge in [-0.15, -0.1) is 0 Å². The molecule has 5 nitrogen and oxygen atoms in total. The first kappa shape index (κ1) is 16.6. The van der Waals surface area contributed by atoms with Crippen LogP contribution in [0.15, 0.2) is 67.0 Å². The fourth-order valence-electron chi connectivity index (χ4n) is 2.24. The Hall–Kier alpha value is -3.28. The van der Waals surface area contributed by atoms with Gasteiger partial charge in [-0.3, -0.25) is 4.79 Å². The molecule has 0 radical (unpaired) electrons. The largest absolute Gasteiger partial charge is 0.368 e. The van der Waals surface area contributed by atoms with Gasteiger partial charge in [-0.1, -0.05) is 30.3 Å². The number of halogens is 1. The normalized spacial score (nSPS) is 10.3. The fraction of sp³-hybridized carbons (Fsp3) is 0.105. The van der Waals surface area contributed by atoms with Gasteiger partial charge in [-0.2, -0.15) is 0 Å². The van der Waals surface area contributed by atoms with Gasteiger partial charge in [0.1, 0.15) is 17.3 Å². The maximum atomic E-state index is 12.9. The third-order valence-electron chi connectivity index (χ3n) is 3.55. The van der Waals surface area contributed by atoms with E-state index in [1.807, 2.05) is 18.2 Å². The summed E-state index contributed by atoms with van der Waals surface area (Å²) in [6.45, 7) is 0.722. The molecule has 6 heteroatoms. The Balaban J connectivity index is 1.52. The number of carbonyl (C=O) groups excluding carboxylic acids is 1. The summed E-state index contributed by atoms with van der Waals surface area (Å²) < 4.78 is 12.9. The second-order valence-corrected chi connectivity index (χ2v) is 5.41. The molecule has 0 saturated carbocycles. The van der Waals surface area contributed by atoms with Gasteiger partial charge in [0.05, 0.1) is 12.4 Å². The van der Waals surface area contributed by atoms with Gasteiger partial charge in [-0.25, -0.2) is 14.4 Å². The molecular formula is C19H17FN4O. The van der Waals surface area contributed by atoms with Crippen LogP contribution in [-0.4, -0.2) is 22.4 Å². The van der Waals surface area contributed by atoms with E-state index in [4.69, 9.17) is 0 Å². The van der Waals surface area contributed by atoms with Crippen LogP contribution in [0.2, 0.25) is 0 Å². The molecule has 0 atom stereocenters. The highest BCUT2D eigenvalue weighted by Gasteiger charge is 2.08. The molecule has 1 amide bonds. The molecule has 1 aromatic heterocycles. The predicted octanol–water partition coefficient (Wildman–Crippen LogP) is 3.52. The number of hydrogen-bond donors (Lipinski definition) is 2. The molecule has 0 aliphatic rings. The van der Waals surface area contributed by atoms with Gasteiger partial charge in [0.2, 0.25) is 0 Å². The van der Waals surface area contributed by atoms with Crippen LogP contribution in [-0.2, 0) is 6.42 Å². The van der Waals surface area contributed by atoms with Crippen molar-refractivity contribution in [3.63, 3.8) is 0 Å². The minimum Gasteiger partial charge on any atom is -0.368 e. The smallest absolute Gasteiger partial charge is 0.275 e. The van der Waals surface area contributed by atoms with Gasteiger partial charge >= 0.3 is 0 Å². The van der Waals surface area contributed by atoms with Gasteiger partial charge in [0.25, 0.3) is 5.91 Å². The Kier molecular flexibility index (Phi) is 5.31. The first-order valence-corrected chi connectivity index (χ1v) is 7.87. The van der Waals surface area contributed by atoms with Crippen molar-refractivity contribution in [3.05, 3.63) is 84.1 Å². The number of rotatable bonds is 6. The summed E-state index contributed by atoms with van der Waals surface area (Å²) in [4.78, 5) is 20.4. The van der Waals surface area contributed by atoms with E-state index in [2.05, 4.69) is 32.7 Å². The monoisotopic (exact) mass is 336 g/mol. The van der Waals surface area contributed by atoms with Crippen LogP contribution in [0, 0.1) is 5.82 Å². The Bertz CT molecular complexity index is 820. The van der Waals surface area contributed by atoms with Crippen LogP contribution < -0.4 is 10.6 Å². The van der Waals surface area contributed by atoms with Crippen molar-refractivity contribution >= 4 is 17.4 Å². The number of carbonyl (C=O) groups is 1. The topological polar surface area (TPSA) is 66.9 Å². The van der Waals surface area contributed by atoms with E-state index in [9.17, 15) is 9.18 Å². The zero-order valence-electron chi connectivity index (χ0n) is 13.4. The molecule has 2 aromatic carbocycles. The lowest BCUT2D eigenvalue weighted by Crippen LogP contribution is -2.15. The fourth-order valence-corrected chi connectivity index (χ4v) is 2.24. The lowest BCUT2D eigenvalue weighted by molar-refractivity contribution is 0.102. The highest BCUT2D eigenvalue weighted by Crippen LogP contribution is 2.10. The highest BCUT2D eigenvalue weighted by atomic mass is 19.1. The van der Waals surface area contributed by atoms with E-state index in [1.54, 1.807) is 0 Å². The lowest BCUT2D eigenvalue weighted by Gasteiger charge is -2.07. The lowest BCUT2D eigenvalue weighted by atomic mass is 10.1. The summed E-state index contributed by atoms with van der Waals surface area (Å²) in [7, 11) is 0. The summed E-state index contributed by atoms with van der Waals surface area (Å²) in [6.07, 6.45) is 3.80. The average molecular weight is 336 g/mol. The maximum absolute atomic E-state index is 12.9. The summed E-state index contributed by atoms with van der Waals surface area (Å²) in [6, 6.07) is 15.7. The zero-order chi connectivity index (χ0) is 17.5. The molecule has 0 unspecified atom stereocenters. The minimum atomic E-state index is -0.394. The number of amides is 1. The summed E-state index contributed by atoms with van der Waals surface area (Å²) in [5.74, 6) is -0.145. The van der Waals surface area contributed by atoms with Crippen LogP contribution in [0.3, 0.4) is 0 Å². The second kappa shape index (κ2) is 8.01. The quantitative estimate of drug-likeness (QED) is 0.723. The van der Waals surface area contributed by atoms with Crippen molar-refractivity contribution in [1.29, 1.82) is 0 Å². The standard InChI is InChI=1S/C19H17FN4O/c20-15-6-8-16(9-7-15)24-19(25)17-12-23-18(13-22-17)21-11-10-14-4-2-1-3-5-14/h1-9,12-13H,10-11H2,(H,21,23)(H,24,25). The Labute approximate surface area is 145 Å². The Morgan fingerprint density at radius 1 is 0.960 bits per heavy atom. The first-order chi connectivity index (χ1) is 12.2. The van der Waals surface area contributed by atoms with Gasteiger partial charge in [0, 0.05) is 12.2 Å². The third-order valence-corrected chi connectivity index (χ3v) is 3.55. The van der Waals surface area contributed by atoms with Gasteiger partial charge in [-0.05, 0) is 36.2 Å². The molecule has 0 fully saturated rings. The van der Waals surface area contributed by atoms with Crippen LogP contribution in [0.1, 0.15) is 16.1 Å². The molecule has 2 N–H and O–H groups in total. The first-order valence-electron chi connectivity index (χ1n) is 7.87. The van der Waals surface area contributed by atoms with E-state index in [0.717, 1.165) is 13.0 Å². The summed E-state index contributed by atoms with van der Waals surface area (Å²) >= 11 is 0. The van der Waals surface area contributed by atoms with Crippen LogP contribution in [0.4, 0.5) is 15.9 Å². The van der Waals surface area contributed by atoms with E-state index in [0.29, 0.717) is 11.5 Å². The molecule has 0 aliphatic carbocycles. The average Bonchev–Trinajstić information content (AvgIpc) is 2.65. The zero-order valence-corrected chi connectivity index (χ0v) is 13.4. The third kappa shape index (κ3) is 4.84. The van der Waals surface area contributed by atoms with Crippen molar-refractivity contribution in [1.82, 2.24) is 9.97 Å². The molecule has 3 aromatic rings. The van der Waals surface area contributed by atoms with Crippen molar-refractivity contribution in [2.45, 2.75) is 6.42 Å². The molecular weight excluding hydrogens is 319 g/mol. The van der Waals surface area contributed by atoms with Crippen molar-refractivity contribution in [3.8, 4) is 0 Å². The van der Waals surface area contributed by atoms with E-state index in [1.165, 1.54) is 42.2 Å². The van der Waals surface area contributed by atoms with Crippen LogP contribution >= 0.6 is 0 Å². The molecule has 0 aliphatic heterocycles. The number of nitrogens with zero attached hydrogens (tertiary/aromatic N) is 2. The predicted molar refractivity (Wildman–Crippen MR) is 95.0 cm³/mol. The van der Waals surface area contributed by atoms with E-state index >= 15 is 0 Å². The highest BCUT2D eigenvalue weighted by molar-refractivity contribution is 6.02. The molecule has 25 heavy (non-hydrogen) atoms. The molecule has 0 bridgehead atoms. The van der Waals surface area contributed by atoms with E-state index < -0.39 is 5.91 Å². The van der Waals surface area contributed by atoms with Crippen molar-refractivity contribution in [2.24, 2.45) is 0 Å². The number of nitrogens with one attached hydrogen (secondary N) is 2. The summed E-state index contributed by atoms with van der Waals surface area (Å²) in [5.41, 5.74) is 1.93. The Morgan fingerprint density at radius 2 is 1.72 bits per heavy atom. The van der Waals surface area contributed by atoms with Crippen LogP contribution in [0.5, 0.6) is 0 Å². The molecule has 126 valence electrons. The number of anilines is 2. The molecule has 1 heterocycles. The number of benzene rings is 2. The molecule has 3 rings (SSSR count).